The fourth-order valence-corrected chi connectivity index (χ4v) is 4.51. The number of ether oxygens (including phenoxy) is 1. The van der Waals surface area contributed by atoms with Gasteiger partial charge in [0.15, 0.2) is 0 Å². The van der Waals surface area contributed by atoms with Gasteiger partial charge >= 0.3 is 5.97 Å². The average Bonchev–Trinajstić information content (AvgIpc) is 3.06. The van der Waals surface area contributed by atoms with Crippen molar-refractivity contribution in [2.24, 2.45) is 0 Å². The van der Waals surface area contributed by atoms with E-state index in [-0.39, 0.29) is 11.8 Å². The van der Waals surface area contributed by atoms with Crippen LogP contribution in [0.1, 0.15) is 34.3 Å². The van der Waals surface area contributed by atoms with E-state index in [0.717, 1.165) is 11.1 Å². The Bertz CT molecular complexity index is 1040. The zero-order valence-corrected chi connectivity index (χ0v) is 19.6. The lowest BCUT2D eigenvalue weighted by Gasteiger charge is -2.19. The van der Waals surface area contributed by atoms with Gasteiger partial charge in [0.2, 0.25) is 5.91 Å². The first-order valence-electron chi connectivity index (χ1n) is 10.1. The highest BCUT2D eigenvalue weighted by Gasteiger charge is 2.31. The van der Waals surface area contributed by atoms with Gasteiger partial charge < -0.3 is 9.64 Å². The summed E-state index contributed by atoms with van der Waals surface area (Å²) in [6.45, 7) is 0.951. The molecule has 0 N–H and O–H groups in total. The molecule has 1 heterocycles. The molecule has 1 aliphatic heterocycles. The van der Waals surface area contributed by atoms with Gasteiger partial charge in [-0.05, 0) is 35.8 Å². The van der Waals surface area contributed by atoms with Gasteiger partial charge in [-0.25, -0.2) is 4.79 Å². The first kappa shape index (κ1) is 23.7. The van der Waals surface area contributed by atoms with Gasteiger partial charge in [0, 0.05) is 26.6 Å². The summed E-state index contributed by atoms with van der Waals surface area (Å²) < 4.78 is 5.17. The van der Waals surface area contributed by atoms with Crippen LogP contribution in [0, 0.1) is 0 Å². The third-order valence-electron chi connectivity index (χ3n) is 4.96. The van der Waals surface area contributed by atoms with Crippen molar-refractivity contribution in [2.45, 2.75) is 19.4 Å². The summed E-state index contributed by atoms with van der Waals surface area (Å²) in [5.74, 6) is -0.547. The van der Waals surface area contributed by atoms with Crippen LogP contribution in [-0.4, -0.2) is 52.6 Å². The molecule has 0 radical (unpaired) electrons. The van der Waals surface area contributed by atoms with Gasteiger partial charge in [0.05, 0.1) is 17.6 Å². The molecule has 2 aromatic carbocycles. The molecule has 0 bridgehead atoms. The van der Waals surface area contributed by atoms with Gasteiger partial charge in [0.1, 0.15) is 4.32 Å². The molecule has 8 heteroatoms. The molecular weight excluding hydrogens is 444 g/mol. The van der Waals surface area contributed by atoms with Crippen molar-refractivity contribution in [3.63, 3.8) is 0 Å². The summed E-state index contributed by atoms with van der Waals surface area (Å²) in [6.07, 6.45) is 2.62. The van der Waals surface area contributed by atoms with Crippen LogP contribution in [0.4, 0.5) is 0 Å². The zero-order chi connectivity index (χ0) is 23.1. The lowest BCUT2D eigenvalue weighted by atomic mass is 10.1. The molecule has 0 aliphatic carbocycles. The van der Waals surface area contributed by atoms with Gasteiger partial charge in [-0.15, -0.1) is 0 Å². The highest BCUT2D eigenvalue weighted by atomic mass is 32.2. The minimum absolute atomic E-state index is 0.0283. The van der Waals surface area contributed by atoms with Crippen molar-refractivity contribution >= 4 is 52.2 Å². The maximum Gasteiger partial charge on any atom is 0.337 e. The number of carbonyl (C=O) groups excluding carboxylic acids is 3. The van der Waals surface area contributed by atoms with Crippen molar-refractivity contribution in [3.05, 3.63) is 76.2 Å². The third-order valence-corrected chi connectivity index (χ3v) is 6.34. The van der Waals surface area contributed by atoms with E-state index in [2.05, 4.69) is 0 Å². The number of hydrogen-bond acceptors (Lipinski definition) is 6. The second-order valence-corrected chi connectivity index (χ2v) is 8.96. The van der Waals surface area contributed by atoms with Crippen LogP contribution in [0.3, 0.4) is 0 Å². The molecule has 166 valence electrons. The SMILES string of the molecule is COC(=O)c1ccc(C=C2SC(=S)N(CCCC(=O)N(C)Cc3ccccc3)C2=O)cc1. The van der Waals surface area contributed by atoms with Crippen molar-refractivity contribution in [2.75, 3.05) is 20.7 Å². The van der Waals surface area contributed by atoms with Crippen molar-refractivity contribution in [3.8, 4) is 0 Å². The first-order chi connectivity index (χ1) is 15.4. The number of esters is 1. The smallest absolute Gasteiger partial charge is 0.337 e. The molecule has 0 spiro atoms. The first-order valence-corrected chi connectivity index (χ1v) is 11.3. The Labute approximate surface area is 197 Å². The van der Waals surface area contributed by atoms with E-state index in [0.29, 0.717) is 40.7 Å². The largest absolute Gasteiger partial charge is 0.465 e. The molecule has 2 amide bonds. The summed E-state index contributed by atoms with van der Waals surface area (Å²) >= 11 is 6.61. The van der Waals surface area contributed by atoms with Crippen LogP contribution in [0.25, 0.3) is 6.08 Å². The Morgan fingerprint density at radius 1 is 1.12 bits per heavy atom. The summed E-state index contributed by atoms with van der Waals surface area (Å²) in [7, 11) is 3.11. The quantitative estimate of drug-likeness (QED) is 0.330. The molecule has 2 aromatic rings. The van der Waals surface area contributed by atoms with Gasteiger partial charge in [-0.3, -0.25) is 14.5 Å². The molecule has 6 nitrogen and oxygen atoms in total. The number of rotatable bonds is 8. The van der Waals surface area contributed by atoms with Gasteiger partial charge in [0.25, 0.3) is 5.91 Å². The molecular formula is C24H24N2O4S2. The van der Waals surface area contributed by atoms with E-state index in [1.165, 1.54) is 18.9 Å². The van der Waals surface area contributed by atoms with Crippen LogP contribution < -0.4 is 0 Å². The Morgan fingerprint density at radius 3 is 2.47 bits per heavy atom. The lowest BCUT2D eigenvalue weighted by molar-refractivity contribution is -0.131. The normalized spacial score (nSPS) is 14.7. The minimum atomic E-state index is -0.410. The van der Waals surface area contributed by atoms with Gasteiger partial charge in [-0.1, -0.05) is 66.4 Å². The van der Waals surface area contributed by atoms with E-state index in [1.54, 1.807) is 47.2 Å². The summed E-state index contributed by atoms with van der Waals surface area (Å²) in [6, 6.07) is 16.6. The average molecular weight is 469 g/mol. The topological polar surface area (TPSA) is 66.9 Å². The number of hydrogen-bond donors (Lipinski definition) is 0. The zero-order valence-electron chi connectivity index (χ0n) is 17.9. The number of benzene rings is 2. The van der Waals surface area contributed by atoms with Crippen LogP contribution in [0.2, 0.25) is 0 Å². The highest BCUT2D eigenvalue weighted by Crippen LogP contribution is 2.32. The van der Waals surface area contributed by atoms with Crippen LogP contribution in [0.5, 0.6) is 0 Å². The fraction of sp³-hybridized carbons (Fsp3) is 0.250. The molecule has 1 fully saturated rings. The summed E-state index contributed by atoms with van der Waals surface area (Å²) in [5.41, 5.74) is 2.31. The lowest BCUT2D eigenvalue weighted by Crippen LogP contribution is -2.31. The number of amides is 2. The Hall–Kier alpha value is -2.97. The Morgan fingerprint density at radius 2 is 1.81 bits per heavy atom. The molecule has 32 heavy (non-hydrogen) atoms. The molecule has 3 rings (SSSR count). The minimum Gasteiger partial charge on any atom is -0.465 e. The van der Waals surface area contributed by atoms with Crippen molar-refractivity contribution in [1.29, 1.82) is 0 Å². The number of thioether (sulfide) groups is 1. The Kier molecular flexibility index (Phi) is 8.19. The number of nitrogens with zero attached hydrogens (tertiary/aromatic N) is 2. The van der Waals surface area contributed by atoms with Crippen LogP contribution >= 0.6 is 24.0 Å². The standard InChI is InChI=1S/C24H24N2O4S2/c1-25(16-18-7-4-3-5-8-18)21(27)9-6-14-26-22(28)20(32-24(26)31)15-17-10-12-19(13-11-17)23(29)30-2/h3-5,7-8,10-13,15H,6,9,14,16H2,1-2H3. The number of carbonyl (C=O) groups is 3. The van der Waals surface area contributed by atoms with Crippen molar-refractivity contribution < 1.29 is 19.1 Å². The molecule has 0 saturated carbocycles. The van der Waals surface area contributed by atoms with E-state index in [4.69, 9.17) is 17.0 Å². The number of thiocarbonyl (C=S) groups is 1. The molecule has 0 aromatic heterocycles. The van der Waals surface area contributed by atoms with E-state index < -0.39 is 5.97 Å². The highest BCUT2D eigenvalue weighted by molar-refractivity contribution is 8.26. The van der Waals surface area contributed by atoms with Gasteiger partial charge in [-0.2, -0.15) is 0 Å². The van der Waals surface area contributed by atoms with E-state index >= 15 is 0 Å². The molecule has 0 atom stereocenters. The maximum atomic E-state index is 12.8. The van der Waals surface area contributed by atoms with E-state index in [9.17, 15) is 14.4 Å². The Balaban J connectivity index is 1.53. The second kappa shape index (κ2) is 11.1. The fourth-order valence-electron chi connectivity index (χ4n) is 3.20. The van der Waals surface area contributed by atoms with Crippen molar-refractivity contribution in [1.82, 2.24) is 9.80 Å². The number of methoxy groups -OCH3 is 1. The summed E-state index contributed by atoms with van der Waals surface area (Å²) in [4.78, 5) is 40.5. The monoisotopic (exact) mass is 468 g/mol. The molecule has 0 unspecified atom stereocenters. The third kappa shape index (κ3) is 6.05. The predicted molar refractivity (Wildman–Crippen MR) is 130 cm³/mol. The van der Waals surface area contributed by atoms with E-state index in [1.807, 2.05) is 30.3 Å². The second-order valence-electron chi connectivity index (χ2n) is 7.29. The molecule has 1 aliphatic rings. The van der Waals surface area contributed by atoms with Crippen LogP contribution in [-0.2, 0) is 20.9 Å². The van der Waals surface area contributed by atoms with Crippen LogP contribution in [0.15, 0.2) is 59.5 Å². The summed E-state index contributed by atoms with van der Waals surface area (Å²) in [5, 5.41) is 0. The molecule has 1 saturated heterocycles. The maximum absolute atomic E-state index is 12.8. The predicted octanol–water partition coefficient (Wildman–Crippen LogP) is 4.11.